The first-order valence-electron chi connectivity index (χ1n) is 4.54. The lowest BCUT2D eigenvalue weighted by Crippen LogP contribution is -2.42. The molecule has 1 aromatic heterocycles. The van der Waals surface area contributed by atoms with Crippen LogP contribution in [0.1, 0.15) is 23.8 Å². The van der Waals surface area contributed by atoms with Gasteiger partial charge in [-0.15, -0.1) is 0 Å². The van der Waals surface area contributed by atoms with E-state index in [1.54, 1.807) is 0 Å². The molecule has 15 heavy (non-hydrogen) atoms. The SMILES string of the molecule is CCC[n+]1cc([N+](=O)[O-])ccc1C(N)=O. The number of hydrogen-bond donors (Lipinski definition) is 1. The van der Waals surface area contributed by atoms with Crippen molar-refractivity contribution in [3.05, 3.63) is 34.1 Å². The van der Waals surface area contributed by atoms with Crippen molar-refractivity contribution in [3.8, 4) is 0 Å². The summed E-state index contributed by atoms with van der Waals surface area (Å²) in [4.78, 5) is 21.0. The maximum absolute atomic E-state index is 11.0. The zero-order chi connectivity index (χ0) is 11.4. The van der Waals surface area contributed by atoms with Crippen LogP contribution in [0.3, 0.4) is 0 Å². The summed E-state index contributed by atoms with van der Waals surface area (Å²) < 4.78 is 1.50. The topological polar surface area (TPSA) is 90.1 Å². The van der Waals surface area contributed by atoms with Gasteiger partial charge >= 0.3 is 11.6 Å². The number of primary amides is 1. The highest BCUT2D eigenvalue weighted by Gasteiger charge is 2.20. The quantitative estimate of drug-likeness (QED) is 0.442. The number of nitrogens with two attached hydrogens (primary N) is 1. The zero-order valence-corrected chi connectivity index (χ0v) is 8.34. The van der Waals surface area contributed by atoms with Gasteiger partial charge in [0.25, 0.3) is 5.69 Å². The van der Waals surface area contributed by atoms with Crippen molar-refractivity contribution in [2.75, 3.05) is 0 Å². The second kappa shape index (κ2) is 4.50. The van der Waals surface area contributed by atoms with Gasteiger partial charge in [0.2, 0.25) is 6.20 Å². The molecule has 0 unspecified atom stereocenters. The zero-order valence-electron chi connectivity index (χ0n) is 8.34. The van der Waals surface area contributed by atoms with E-state index in [-0.39, 0.29) is 11.4 Å². The summed E-state index contributed by atoms with van der Waals surface area (Å²) in [7, 11) is 0. The molecular formula is C9H12N3O3+. The Bertz CT molecular complexity index is 404. The lowest BCUT2D eigenvalue weighted by molar-refractivity contribution is -0.701. The summed E-state index contributed by atoms with van der Waals surface area (Å²) in [5.74, 6) is -0.585. The molecule has 0 saturated heterocycles. The van der Waals surface area contributed by atoms with Crippen LogP contribution < -0.4 is 10.3 Å². The van der Waals surface area contributed by atoms with Crippen molar-refractivity contribution in [1.29, 1.82) is 0 Å². The number of carbonyl (C=O) groups is 1. The highest BCUT2D eigenvalue weighted by Crippen LogP contribution is 2.07. The highest BCUT2D eigenvalue weighted by atomic mass is 16.6. The largest absolute Gasteiger partial charge is 0.360 e. The number of amides is 1. The van der Waals surface area contributed by atoms with E-state index in [4.69, 9.17) is 5.73 Å². The molecule has 6 heteroatoms. The number of carbonyl (C=O) groups excluding carboxylic acids is 1. The predicted octanol–water partition coefficient (Wildman–Crippen LogP) is 0.391. The fraction of sp³-hybridized carbons (Fsp3) is 0.333. The van der Waals surface area contributed by atoms with E-state index in [1.165, 1.54) is 22.9 Å². The monoisotopic (exact) mass is 210 g/mol. The van der Waals surface area contributed by atoms with Gasteiger partial charge in [0.05, 0.1) is 4.92 Å². The minimum Gasteiger partial charge on any atom is -0.360 e. The van der Waals surface area contributed by atoms with Crippen LogP contribution in [0, 0.1) is 10.1 Å². The predicted molar refractivity (Wildman–Crippen MR) is 52.1 cm³/mol. The fourth-order valence-electron chi connectivity index (χ4n) is 1.29. The number of nitro groups is 1. The maximum Gasteiger partial charge on any atom is 0.332 e. The molecule has 1 rings (SSSR count). The Hall–Kier alpha value is -1.98. The molecule has 0 aliphatic rings. The molecule has 0 bridgehead atoms. The van der Waals surface area contributed by atoms with Crippen molar-refractivity contribution in [2.24, 2.45) is 5.73 Å². The molecule has 80 valence electrons. The summed E-state index contributed by atoms with van der Waals surface area (Å²) in [6, 6.07) is 2.64. The Kier molecular flexibility index (Phi) is 3.33. The minimum atomic E-state index is -0.585. The van der Waals surface area contributed by atoms with E-state index < -0.39 is 10.8 Å². The molecule has 1 aromatic rings. The van der Waals surface area contributed by atoms with Crippen molar-refractivity contribution < 1.29 is 14.3 Å². The minimum absolute atomic E-state index is 0.0477. The molecule has 2 N–H and O–H groups in total. The first-order chi connectivity index (χ1) is 7.06. The maximum atomic E-state index is 11.0. The first-order valence-corrected chi connectivity index (χ1v) is 4.54. The Balaban J connectivity index is 3.20. The van der Waals surface area contributed by atoms with E-state index >= 15 is 0 Å². The van der Waals surface area contributed by atoms with Crippen LogP contribution in [-0.2, 0) is 6.54 Å². The fourth-order valence-corrected chi connectivity index (χ4v) is 1.29. The molecular weight excluding hydrogens is 198 g/mol. The van der Waals surface area contributed by atoms with Crippen LogP contribution >= 0.6 is 0 Å². The van der Waals surface area contributed by atoms with Crippen LogP contribution in [0.25, 0.3) is 0 Å². The standard InChI is InChI=1S/C9H11N3O3/c1-2-5-11-6-7(12(14)15)3-4-8(11)9(10)13/h3-4,6H,2,5H2,1H3,(H-,10,13)/p+1. The lowest BCUT2D eigenvalue weighted by Gasteiger charge is -1.98. The highest BCUT2D eigenvalue weighted by molar-refractivity contribution is 5.89. The van der Waals surface area contributed by atoms with Crippen LogP contribution in [0.5, 0.6) is 0 Å². The molecule has 0 aromatic carbocycles. The molecule has 0 atom stereocenters. The first kappa shape index (κ1) is 11.1. The Labute approximate surface area is 86.5 Å². The van der Waals surface area contributed by atoms with Crippen molar-refractivity contribution >= 4 is 11.6 Å². The van der Waals surface area contributed by atoms with Gasteiger partial charge in [0, 0.05) is 18.6 Å². The Morgan fingerprint density at radius 3 is 2.73 bits per heavy atom. The molecule has 0 aliphatic carbocycles. The average molecular weight is 210 g/mol. The summed E-state index contributed by atoms with van der Waals surface area (Å²) in [6.07, 6.45) is 2.09. The van der Waals surface area contributed by atoms with Gasteiger partial charge in [-0.2, -0.15) is 4.57 Å². The smallest absolute Gasteiger partial charge is 0.332 e. The lowest BCUT2D eigenvalue weighted by atomic mass is 10.3. The molecule has 0 radical (unpaired) electrons. The van der Waals surface area contributed by atoms with Crippen LogP contribution in [0.15, 0.2) is 18.3 Å². The average Bonchev–Trinajstić information content (AvgIpc) is 2.17. The Morgan fingerprint density at radius 1 is 1.60 bits per heavy atom. The van der Waals surface area contributed by atoms with Gasteiger partial charge in [-0.25, -0.2) is 0 Å². The van der Waals surface area contributed by atoms with Gasteiger partial charge in [-0.1, -0.05) is 6.92 Å². The third kappa shape index (κ3) is 2.49. The van der Waals surface area contributed by atoms with E-state index in [1.807, 2.05) is 6.92 Å². The number of aryl methyl sites for hydroxylation is 1. The van der Waals surface area contributed by atoms with E-state index in [0.29, 0.717) is 6.54 Å². The molecule has 0 aliphatic heterocycles. The normalized spacial score (nSPS) is 9.93. The molecule has 1 amide bonds. The van der Waals surface area contributed by atoms with Crippen molar-refractivity contribution in [1.82, 2.24) is 0 Å². The summed E-state index contributed by atoms with van der Waals surface area (Å²) >= 11 is 0. The summed E-state index contributed by atoms with van der Waals surface area (Å²) in [5, 5.41) is 10.5. The Morgan fingerprint density at radius 2 is 2.27 bits per heavy atom. The second-order valence-corrected chi connectivity index (χ2v) is 3.09. The van der Waals surface area contributed by atoms with Gasteiger partial charge in [0.1, 0.15) is 6.54 Å². The third-order valence-corrected chi connectivity index (χ3v) is 1.94. The molecule has 0 fully saturated rings. The number of aromatic nitrogens is 1. The van der Waals surface area contributed by atoms with Gasteiger partial charge in [-0.3, -0.25) is 14.9 Å². The van der Waals surface area contributed by atoms with Crippen LogP contribution in [0.2, 0.25) is 0 Å². The number of rotatable bonds is 4. The van der Waals surface area contributed by atoms with Gasteiger partial charge in [-0.05, 0) is 0 Å². The number of nitrogens with zero attached hydrogens (tertiary/aromatic N) is 2. The van der Waals surface area contributed by atoms with Gasteiger partial charge < -0.3 is 5.73 Å². The second-order valence-electron chi connectivity index (χ2n) is 3.09. The van der Waals surface area contributed by atoms with Gasteiger partial charge in [0.15, 0.2) is 0 Å². The molecule has 1 heterocycles. The molecule has 6 nitrogen and oxygen atoms in total. The molecule has 0 saturated carbocycles. The van der Waals surface area contributed by atoms with Crippen LogP contribution in [0.4, 0.5) is 5.69 Å². The summed E-state index contributed by atoms with van der Waals surface area (Å²) in [5.41, 5.74) is 5.37. The van der Waals surface area contributed by atoms with Crippen LogP contribution in [-0.4, -0.2) is 10.8 Å². The number of pyridine rings is 1. The number of hydrogen-bond acceptors (Lipinski definition) is 3. The van der Waals surface area contributed by atoms with E-state index in [2.05, 4.69) is 0 Å². The molecule has 0 spiro atoms. The van der Waals surface area contributed by atoms with E-state index in [9.17, 15) is 14.9 Å². The third-order valence-electron chi connectivity index (χ3n) is 1.94. The van der Waals surface area contributed by atoms with Crippen molar-refractivity contribution in [3.63, 3.8) is 0 Å². The van der Waals surface area contributed by atoms with Crippen molar-refractivity contribution in [2.45, 2.75) is 19.9 Å². The summed E-state index contributed by atoms with van der Waals surface area (Å²) in [6.45, 7) is 2.44. The van der Waals surface area contributed by atoms with E-state index in [0.717, 1.165) is 6.42 Å².